The van der Waals surface area contributed by atoms with Crippen LogP contribution in [-0.4, -0.2) is 43.5 Å². The van der Waals surface area contributed by atoms with Crippen molar-refractivity contribution < 1.29 is 9.18 Å². The maximum absolute atomic E-state index is 14.5. The van der Waals surface area contributed by atoms with Crippen LogP contribution >= 0.6 is 0 Å². The maximum atomic E-state index is 14.5. The van der Waals surface area contributed by atoms with Crippen LogP contribution in [0.15, 0.2) is 54.6 Å². The second-order valence-corrected chi connectivity index (χ2v) is 6.32. The highest BCUT2D eigenvalue weighted by molar-refractivity contribution is 6.02. The molecule has 2 aromatic carbocycles. The predicted molar refractivity (Wildman–Crippen MR) is 105 cm³/mol. The normalized spacial score (nSPS) is 15.4. The quantitative estimate of drug-likeness (QED) is 0.834. The minimum atomic E-state index is -0.306. The highest BCUT2D eigenvalue weighted by Gasteiger charge is 2.18. The molecule has 0 bridgehead atoms. The first-order valence-electron chi connectivity index (χ1n) is 8.96. The van der Waals surface area contributed by atoms with Crippen molar-refractivity contribution in [2.24, 2.45) is 0 Å². The summed E-state index contributed by atoms with van der Waals surface area (Å²) in [6, 6.07) is 14.4. The van der Waals surface area contributed by atoms with E-state index in [0.717, 1.165) is 38.3 Å². The van der Waals surface area contributed by atoms with Gasteiger partial charge < -0.3 is 15.1 Å². The average Bonchev–Trinajstić information content (AvgIpc) is 2.67. The number of hydrogen-bond donors (Lipinski definition) is 1. The Morgan fingerprint density at radius 3 is 2.50 bits per heavy atom. The number of nitrogens with one attached hydrogen (secondary N) is 1. The van der Waals surface area contributed by atoms with Crippen LogP contribution in [0.5, 0.6) is 0 Å². The summed E-state index contributed by atoms with van der Waals surface area (Å²) in [5, 5.41) is 2.71. The van der Waals surface area contributed by atoms with Crippen LogP contribution in [-0.2, 0) is 4.79 Å². The molecule has 26 heavy (non-hydrogen) atoms. The van der Waals surface area contributed by atoms with E-state index in [1.54, 1.807) is 18.2 Å². The smallest absolute Gasteiger partial charge is 0.248 e. The molecule has 1 heterocycles. The summed E-state index contributed by atoms with van der Waals surface area (Å²) in [5.74, 6) is -0.586. The number of rotatable bonds is 5. The summed E-state index contributed by atoms with van der Waals surface area (Å²) < 4.78 is 14.5. The number of nitrogens with zero attached hydrogens (tertiary/aromatic N) is 2. The van der Waals surface area contributed by atoms with Gasteiger partial charge in [-0.2, -0.15) is 0 Å². The van der Waals surface area contributed by atoms with Gasteiger partial charge in [0.1, 0.15) is 5.82 Å². The summed E-state index contributed by atoms with van der Waals surface area (Å²) in [7, 11) is 0. The molecule has 136 valence electrons. The molecule has 0 atom stereocenters. The molecule has 1 fully saturated rings. The molecule has 0 saturated carbocycles. The third-order valence-corrected chi connectivity index (χ3v) is 4.60. The average molecular weight is 353 g/mol. The van der Waals surface area contributed by atoms with Gasteiger partial charge in [0.15, 0.2) is 0 Å². The zero-order valence-corrected chi connectivity index (χ0v) is 15.0. The van der Waals surface area contributed by atoms with Gasteiger partial charge in [0.25, 0.3) is 0 Å². The van der Waals surface area contributed by atoms with Crippen molar-refractivity contribution >= 4 is 23.4 Å². The van der Waals surface area contributed by atoms with Gasteiger partial charge in [0.2, 0.25) is 5.91 Å². The van der Waals surface area contributed by atoms with E-state index in [-0.39, 0.29) is 11.7 Å². The molecule has 1 aliphatic heterocycles. The van der Waals surface area contributed by atoms with Gasteiger partial charge in [0.05, 0.1) is 5.69 Å². The molecule has 0 aliphatic carbocycles. The Morgan fingerprint density at radius 2 is 1.85 bits per heavy atom. The molecule has 2 aromatic rings. The summed E-state index contributed by atoms with van der Waals surface area (Å²) in [6.45, 7) is 6.68. The first-order chi connectivity index (χ1) is 12.7. The van der Waals surface area contributed by atoms with Gasteiger partial charge in [0, 0.05) is 37.9 Å². The molecule has 0 spiro atoms. The first-order valence-corrected chi connectivity index (χ1v) is 8.96. The summed E-state index contributed by atoms with van der Waals surface area (Å²) in [4.78, 5) is 16.4. The van der Waals surface area contributed by atoms with Crippen molar-refractivity contribution in [1.29, 1.82) is 0 Å². The monoisotopic (exact) mass is 353 g/mol. The SMILES string of the molecule is CCN1CCN(c2ccc(NC(=O)/C=C/c3ccccc3)cc2F)CC1. The number of likely N-dealkylation sites (N-methyl/N-ethyl adjacent to an activating group) is 1. The van der Waals surface area contributed by atoms with E-state index in [0.29, 0.717) is 11.4 Å². The van der Waals surface area contributed by atoms with E-state index in [4.69, 9.17) is 0 Å². The number of anilines is 2. The molecule has 0 aromatic heterocycles. The standard InChI is InChI=1S/C21H24FN3O/c1-2-24-12-14-25(15-13-24)20-10-9-18(16-19(20)22)23-21(26)11-8-17-6-4-3-5-7-17/h3-11,16H,2,12-15H2,1H3,(H,23,26)/b11-8+. The number of carbonyl (C=O) groups is 1. The minimum absolute atomic E-state index is 0.280. The maximum Gasteiger partial charge on any atom is 0.248 e. The lowest BCUT2D eigenvalue weighted by Gasteiger charge is -2.35. The molecule has 1 saturated heterocycles. The van der Waals surface area contributed by atoms with Gasteiger partial charge >= 0.3 is 0 Å². The second-order valence-electron chi connectivity index (χ2n) is 6.32. The first kappa shape index (κ1) is 18.1. The van der Waals surface area contributed by atoms with Crippen molar-refractivity contribution in [3.8, 4) is 0 Å². The molecule has 3 rings (SSSR count). The third kappa shape index (κ3) is 4.70. The van der Waals surface area contributed by atoms with E-state index < -0.39 is 0 Å². The fraction of sp³-hybridized carbons (Fsp3) is 0.286. The third-order valence-electron chi connectivity index (χ3n) is 4.60. The fourth-order valence-electron chi connectivity index (χ4n) is 3.07. The predicted octanol–water partition coefficient (Wildman–Crippen LogP) is 3.62. The second kappa shape index (κ2) is 8.63. The van der Waals surface area contributed by atoms with Crippen LogP contribution in [0.2, 0.25) is 0 Å². The van der Waals surface area contributed by atoms with Gasteiger partial charge in [-0.25, -0.2) is 4.39 Å². The zero-order chi connectivity index (χ0) is 18.4. The molecular weight excluding hydrogens is 329 g/mol. The van der Waals surface area contributed by atoms with Gasteiger partial charge in [-0.1, -0.05) is 37.3 Å². The van der Waals surface area contributed by atoms with Crippen molar-refractivity contribution in [2.45, 2.75) is 6.92 Å². The summed E-state index contributed by atoms with van der Waals surface area (Å²) >= 11 is 0. The molecule has 5 heteroatoms. The van der Waals surface area contributed by atoms with Crippen molar-refractivity contribution in [3.05, 3.63) is 66.0 Å². The number of carbonyl (C=O) groups excluding carboxylic acids is 1. The van der Waals surface area contributed by atoms with Crippen LogP contribution < -0.4 is 10.2 Å². The summed E-state index contributed by atoms with van der Waals surface area (Å²) in [6.07, 6.45) is 3.18. The Hall–Kier alpha value is -2.66. The molecular formula is C21H24FN3O. The Balaban J connectivity index is 1.60. The number of hydrogen-bond acceptors (Lipinski definition) is 3. The highest BCUT2D eigenvalue weighted by Crippen LogP contribution is 2.24. The van der Waals surface area contributed by atoms with Gasteiger partial charge in [-0.3, -0.25) is 4.79 Å². The Bertz CT molecular complexity index is 768. The largest absolute Gasteiger partial charge is 0.367 e. The van der Waals surface area contributed by atoms with Gasteiger partial charge in [-0.15, -0.1) is 0 Å². The molecule has 1 aliphatic rings. The number of benzene rings is 2. The lowest BCUT2D eigenvalue weighted by atomic mass is 10.2. The van der Waals surface area contributed by atoms with E-state index >= 15 is 0 Å². The van der Waals surface area contributed by atoms with E-state index in [2.05, 4.69) is 22.0 Å². The van der Waals surface area contributed by atoms with Crippen LogP contribution in [0.1, 0.15) is 12.5 Å². The lowest BCUT2D eigenvalue weighted by molar-refractivity contribution is -0.111. The summed E-state index contributed by atoms with van der Waals surface area (Å²) in [5.41, 5.74) is 2.00. The van der Waals surface area contributed by atoms with Crippen molar-refractivity contribution in [2.75, 3.05) is 42.9 Å². The van der Waals surface area contributed by atoms with E-state index in [9.17, 15) is 9.18 Å². The topological polar surface area (TPSA) is 35.6 Å². The van der Waals surface area contributed by atoms with Crippen LogP contribution in [0.25, 0.3) is 6.08 Å². The van der Waals surface area contributed by atoms with Crippen LogP contribution in [0.4, 0.5) is 15.8 Å². The number of amides is 1. The Kier molecular flexibility index (Phi) is 6.02. The molecule has 1 amide bonds. The van der Waals surface area contributed by atoms with Crippen molar-refractivity contribution in [1.82, 2.24) is 4.90 Å². The van der Waals surface area contributed by atoms with E-state index in [1.165, 1.54) is 12.1 Å². The minimum Gasteiger partial charge on any atom is -0.367 e. The van der Waals surface area contributed by atoms with E-state index in [1.807, 2.05) is 30.3 Å². The number of piperazine rings is 1. The Morgan fingerprint density at radius 1 is 1.12 bits per heavy atom. The number of halogens is 1. The molecule has 0 radical (unpaired) electrons. The fourth-order valence-corrected chi connectivity index (χ4v) is 3.07. The van der Waals surface area contributed by atoms with Crippen LogP contribution in [0.3, 0.4) is 0 Å². The van der Waals surface area contributed by atoms with Crippen LogP contribution in [0, 0.1) is 5.82 Å². The Labute approximate surface area is 153 Å². The molecule has 4 nitrogen and oxygen atoms in total. The molecule has 1 N–H and O–H groups in total. The lowest BCUT2D eigenvalue weighted by Crippen LogP contribution is -2.46. The zero-order valence-electron chi connectivity index (χ0n) is 15.0. The molecule has 0 unspecified atom stereocenters. The van der Waals surface area contributed by atoms with Gasteiger partial charge in [-0.05, 0) is 36.4 Å². The highest BCUT2D eigenvalue weighted by atomic mass is 19.1. The van der Waals surface area contributed by atoms with Crippen molar-refractivity contribution in [3.63, 3.8) is 0 Å².